The number of nitrogens with one attached hydrogen (secondary N) is 1. The van der Waals surface area contributed by atoms with Gasteiger partial charge in [0.15, 0.2) is 5.65 Å². The first kappa shape index (κ1) is 21.7. The monoisotopic (exact) mass is 469 g/mol. The topological polar surface area (TPSA) is 88.1 Å². The summed E-state index contributed by atoms with van der Waals surface area (Å²) in [6, 6.07) is 23.1. The Morgan fingerprint density at radius 2 is 1.65 bits per heavy atom. The number of fused-ring (bicyclic) bond motifs is 1. The maximum absolute atomic E-state index is 11.4. The van der Waals surface area contributed by atoms with Gasteiger partial charge in [0, 0.05) is 5.56 Å². The number of hydrogen-bond donors (Lipinski definition) is 2. The summed E-state index contributed by atoms with van der Waals surface area (Å²) in [6.07, 6.45) is 0. The van der Waals surface area contributed by atoms with Crippen molar-refractivity contribution in [3.63, 3.8) is 0 Å². The zero-order valence-corrected chi connectivity index (χ0v) is 19.2. The Hall–Kier alpha value is -4.16. The summed E-state index contributed by atoms with van der Waals surface area (Å²) in [6.45, 7) is 3.82. The van der Waals surface area contributed by atoms with E-state index in [1.165, 1.54) is 17.2 Å². The Bertz CT molecular complexity index is 1540. The van der Waals surface area contributed by atoms with Crippen molar-refractivity contribution in [2.24, 2.45) is 0 Å². The number of aryl methyl sites for hydroxylation is 2. The highest BCUT2D eigenvalue weighted by Crippen LogP contribution is 2.32. The summed E-state index contributed by atoms with van der Waals surface area (Å²) in [5.74, 6) is -0.653. The van der Waals surface area contributed by atoms with E-state index in [1.807, 2.05) is 24.3 Å². The van der Waals surface area contributed by atoms with Gasteiger partial charge in [-0.1, -0.05) is 66.2 Å². The van der Waals surface area contributed by atoms with Gasteiger partial charge in [0.1, 0.15) is 5.75 Å². The molecular weight excluding hydrogens is 450 g/mol. The van der Waals surface area contributed by atoms with Crippen LogP contribution >= 0.6 is 11.6 Å². The summed E-state index contributed by atoms with van der Waals surface area (Å²) in [5.41, 5.74) is 6.89. The number of imidazole rings is 1. The molecule has 0 aliphatic carbocycles. The second-order valence-corrected chi connectivity index (χ2v) is 8.42. The van der Waals surface area contributed by atoms with E-state index in [4.69, 9.17) is 16.3 Å². The van der Waals surface area contributed by atoms with Crippen molar-refractivity contribution in [2.45, 2.75) is 13.8 Å². The minimum absolute atomic E-state index is 0.172. The Labute approximate surface area is 200 Å². The molecule has 5 rings (SSSR count). The highest BCUT2D eigenvalue weighted by atomic mass is 35.5. The molecule has 0 amide bonds. The van der Waals surface area contributed by atoms with Crippen LogP contribution in [0.25, 0.3) is 33.5 Å². The van der Waals surface area contributed by atoms with Crippen molar-refractivity contribution >= 4 is 28.7 Å². The smallest absolute Gasteiger partial charge is 0.336 e. The van der Waals surface area contributed by atoms with Crippen LogP contribution in [0.15, 0.2) is 72.8 Å². The van der Waals surface area contributed by atoms with Gasteiger partial charge >= 0.3 is 12.0 Å². The lowest BCUT2D eigenvalue weighted by Crippen LogP contribution is -2.00. The third-order valence-corrected chi connectivity index (χ3v) is 5.96. The van der Waals surface area contributed by atoms with Crippen LogP contribution in [0.3, 0.4) is 0 Å². The summed E-state index contributed by atoms with van der Waals surface area (Å²) in [4.78, 5) is 23.5. The Morgan fingerprint density at radius 3 is 2.38 bits per heavy atom. The fourth-order valence-corrected chi connectivity index (χ4v) is 4.12. The Balaban J connectivity index is 1.45. The first-order valence-electron chi connectivity index (χ1n) is 10.6. The lowest BCUT2D eigenvalue weighted by Gasteiger charge is -2.08. The number of carbonyl (C=O) groups is 1. The van der Waals surface area contributed by atoms with Crippen LogP contribution in [0.5, 0.6) is 11.8 Å². The summed E-state index contributed by atoms with van der Waals surface area (Å²) < 4.78 is 5.76. The van der Waals surface area contributed by atoms with Gasteiger partial charge < -0.3 is 14.8 Å². The van der Waals surface area contributed by atoms with Gasteiger partial charge in [-0.15, -0.1) is 0 Å². The van der Waals surface area contributed by atoms with Gasteiger partial charge in [-0.05, 0) is 54.3 Å². The number of aromatic carboxylic acids is 1. The van der Waals surface area contributed by atoms with Crippen LogP contribution in [-0.4, -0.2) is 26.0 Å². The molecule has 0 bridgehead atoms. The Morgan fingerprint density at radius 1 is 0.912 bits per heavy atom. The van der Waals surface area contributed by atoms with Crippen molar-refractivity contribution < 1.29 is 14.6 Å². The number of H-pyrrole nitrogens is 1. The quantitative estimate of drug-likeness (QED) is 0.288. The molecule has 0 saturated heterocycles. The molecule has 0 spiro atoms. The average molecular weight is 470 g/mol. The molecule has 2 aromatic heterocycles. The summed E-state index contributed by atoms with van der Waals surface area (Å²) in [5, 5.41) is 9.81. The van der Waals surface area contributed by atoms with Crippen LogP contribution in [0, 0.1) is 13.8 Å². The van der Waals surface area contributed by atoms with Crippen LogP contribution < -0.4 is 4.74 Å². The number of aromatic amines is 1. The fourth-order valence-electron chi connectivity index (χ4n) is 3.86. The highest BCUT2D eigenvalue weighted by molar-refractivity contribution is 6.33. The lowest BCUT2D eigenvalue weighted by molar-refractivity contribution is 0.0695. The van der Waals surface area contributed by atoms with E-state index in [-0.39, 0.29) is 11.6 Å². The molecule has 2 heterocycles. The molecule has 0 radical (unpaired) electrons. The molecule has 3 aromatic carbocycles. The maximum Gasteiger partial charge on any atom is 0.336 e. The van der Waals surface area contributed by atoms with Gasteiger partial charge in [0.2, 0.25) is 0 Å². The number of carboxylic acids is 1. The van der Waals surface area contributed by atoms with Crippen molar-refractivity contribution in [3.05, 3.63) is 94.5 Å². The van der Waals surface area contributed by atoms with Gasteiger partial charge in [-0.25, -0.2) is 9.78 Å². The van der Waals surface area contributed by atoms with E-state index in [0.29, 0.717) is 33.2 Å². The zero-order chi connectivity index (χ0) is 23.8. The van der Waals surface area contributed by atoms with E-state index in [1.54, 1.807) is 25.1 Å². The molecule has 6 nitrogen and oxygen atoms in total. The molecule has 0 aliphatic heterocycles. The molecule has 0 unspecified atom stereocenters. The standard InChI is InChI=1S/C27H20ClN3O3/c1-15-5-3-4-6-20(15)17-8-10-18(11-9-17)24-22(28)14-23-25(30-24)31-27(29-23)34-19-12-7-16(2)21(13-19)26(32)33/h3-14H,1-2H3,(H,32,33)(H,29,30,31). The number of ether oxygens (including phenoxy) is 1. The molecule has 7 heteroatoms. The van der Waals surface area contributed by atoms with Crippen LogP contribution in [0.4, 0.5) is 0 Å². The Kier molecular flexibility index (Phi) is 5.51. The first-order chi connectivity index (χ1) is 16.4. The predicted octanol–water partition coefficient (Wildman–Crippen LogP) is 7.05. The van der Waals surface area contributed by atoms with Gasteiger partial charge in [0.25, 0.3) is 0 Å². The third-order valence-electron chi connectivity index (χ3n) is 5.67. The second-order valence-electron chi connectivity index (χ2n) is 8.01. The SMILES string of the molecule is Cc1ccc(Oc2nc3nc(-c4ccc(-c5ccccc5C)cc4)c(Cl)cc3[nH]2)cc1C(=O)O. The minimum Gasteiger partial charge on any atom is -0.478 e. The second kappa shape index (κ2) is 8.65. The van der Waals surface area contributed by atoms with Gasteiger partial charge in [0.05, 0.1) is 21.8 Å². The number of benzene rings is 3. The third kappa shape index (κ3) is 4.11. The van der Waals surface area contributed by atoms with Crippen molar-refractivity contribution in [3.8, 4) is 34.1 Å². The predicted molar refractivity (Wildman–Crippen MR) is 133 cm³/mol. The number of halogens is 1. The largest absolute Gasteiger partial charge is 0.478 e. The van der Waals surface area contributed by atoms with Crippen LogP contribution in [0.2, 0.25) is 5.02 Å². The minimum atomic E-state index is -1.01. The van der Waals surface area contributed by atoms with E-state index >= 15 is 0 Å². The zero-order valence-electron chi connectivity index (χ0n) is 18.5. The van der Waals surface area contributed by atoms with E-state index in [9.17, 15) is 9.90 Å². The number of carboxylic acid groups (broad SMARTS) is 1. The molecule has 2 N–H and O–H groups in total. The van der Waals surface area contributed by atoms with Crippen LogP contribution in [-0.2, 0) is 0 Å². The fraction of sp³-hybridized carbons (Fsp3) is 0.0741. The number of rotatable bonds is 5. The first-order valence-corrected chi connectivity index (χ1v) is 11.0. The van der Waals surface area contributed by atoms with Crippen molar-refractivity contribution in [1.82, 2.24) is 15.0 Å². The number of aromatic nitrogens is 3. The molecule has 0 fully saturated rings. The maximum atomic E-state index is 11.4. The summed E-state index contributed by atoms with van der Waals surface area (Å²) >= 11 is 6.55. The lowest BCUT2D eigenvalue weighted by atomic mass is 9.99. The van der Waals surface area contributed by atoms with Crippen LogP contribution in [0.1, 0.15) is 21.5 Å². The van der Waals surface area contributed by atoms with Crippen molar-refractivity contribution in [2.75, 3.05) is 0 Å². The van der Waals surface area contributed by atoms with Crippen molar-refractivity contribution in [1.29, 1.82) is 0 Å². The number of nitrogens with zero attached hydrogens (tertiary/aromatic N) is 2. The molecular formula is C27H20ClN3O3. The number of pyridine rings is 1. The number of hydrogen-bond acceptors (Lipinski definition) is 4. The molecule has 0 saturated carbocycles. The average Bonchev–Trinajstić information content (AvgIpc) is 3.21. The van der Waals surface area contributed by atoms with Gasteiger partial charge in [-0.2, -0.15) is 4.98 Å². The molecule has 0 atom stereocenters. The molecule has 0 aliphatic rings. The molecule has 168 valence electrons. The van der Waals surface area contributed by atoms with Gasteiger partial charge in [-0.3, -0.25) is 0 Å². The van der Waals surface area contributed by atoms with E-state index < -0.39 is 5.97 Å². The van der Waals surface area contributed by atoms with E-state index in [2.05, 4.69) is 46.1 Å². The molecule has 5 aromatic rings. The van der Waals surface area contributed by atoms with E-state index in [0.717, 1.165) is 11.1 Å². The normalized spacial score (nSPS) is 11.0. The summed E-state index contributed by atoms with van der Waals surface area (Å²) in [7, 11) is 0. The molecule has 34 heavy (non-hydrogen) atoms. The highest BCUT2D eigenvalue weighted by Gasteiger charge is 2.14.